The highest BCUT2D eigenvalue weighted by molar-refractivity contribution is 5.78. The lowest BCUT2D eigenvalue weighted by Gasteiger charge is -2.11. The first-order valence-corrected chi connectivity index (χ1v) is 8.83. The molecule has 0 aliphatic rings. The molecule has 2 heterocycles. The fourth-order valence-electron chi connectivity index (χ4n) is 2.79. The molecule has 0 aliphatic heterocycles. The third-order valence-corrected chi connectivity index (χ3v) is 4.36. The molecule has 0 fully saturated rings. The number of fused-ring (bicyclic) bond motifs is 1. The summed E-state index contributed by atoms with van der Waals surface area (Å²) in [7, 11) is 4.57. The van der Waals surface area contributed by atoms with Crippen molar-refractivity contribution in [1.29, 1.82) is 0 Å². The van der Waals surface area contributed by atoms with Gasteiger partial charge in [-0.3, -0.25) is 18.7 Å². The molecule has 0 spiro atoms. The van der Waals surface area contributed by atoms with Gasteiger partial charge >= 0.3 is 5.69 Å². The second kappa shape index (κ2) is 8.65. The van der Waals surface area contributed by atoms with Crippen LogP contribution in [-0.2, 0) is 23.1 Å². The summed E-state index contributed by atoms with van der Waals surface area (Å²) in [5, 5.41) is 2.73. The molecule has 0 radical (unpaired) electrons. The Morgan fingerprint density at radius 2 is 1.90 bits per heavy atom. The molecule has 10 heteroatoms. The Hall–Kier alpha value is -3.53. The number of amides is 1. The van der Waals surface area contributed by atoms with Crippen LogP contribution < -0.4 is 21.3 Å². The van der Waals surface area contributed by atoms with Gasteiger partial charge in [-0.2, -0.15) is 0 Å². The maximum absolute atomic E-state index is 12.7. The van der Waals surface area contributed by atoms with Gasteiger partial charge in [-0.25, -0.2) is 14.8 Å². The van der Waals surface area contributed by atoms with E-state index in [4.69, 9.17) is 9.47 Å². The van der Waals surface area contributed by atoms with Crippen LogP contribution >= 0.6 is 0 Å². The lowest BCUT2D eigenvalue weighted by atomic mass is 10.2. The molecule has 0 unspecified atom stereocenters. The number of nitrogens with zero attached hydrogens (tertiary/aromatic N) is 4. The minimum Gasteiger partial charge on any atom is -0.497 e. The zero-order valence-electron chi connectivity index (χ0n) is 16.3. The van der Waals surface area contributed by atoms with Gasteiger partial charge in [0.2, 0.25) is 5.91 Å². The predicted molar refractivity (Wildman–Crippen MR) is 106 cm³/mol. The standard InChI is InChI=1S/C19H21N5O5/c1-23-17-14(10-21-16(22-17)12-4-6-13(29-3)7-5-12)18(26)24(19(23)27)11-15(25)20-8-9-28-2/h4-7,10H,8-9,11H2,1-3H3,(H,20,25). The summed E-state index contributed by atoms with van der Waals surface area (Å²) in [5.74, 6) is 0.592. The van der Waals surface area contributed by atoms with Gasteiger partial charge in [0.25, 0.3) is 5.56 Å². The van der Waals surface area contributed by atoms with Gasteiger partial charge in [-0.15, -0.1) is 0 Å². The molecule has 1 aromatic carbocycles. The second-order valence-electron chi connectivity index (χ2n) is 6.24. The van der Waals surface area contributed by atoms with Crippen molar-refractivity contribution >= 4 is 16.9 Å². The fraction of sp³-hybridized carbons (Fsp3) is 0.316. The van der Waals surface area contributed by atoms with E-state index in [1.807, 2.05) is 0 Å². The molecule has 1 amide bonds. The average Bonchev–Trinajstić information content (AvgIpc) is 2.75. The number of carbonyl (C=O) groups is 1. The Morgan fingerprint density at radius 1 is 1.17 bits per heavy atom. The van der Waals surface area contributed by atoms with Crippen molar-refractivity contribution in [2.45, 2.75) is 6.54 Å². The highest BCUT2D eigenvalue weighted by Gasteiger charge is 2.16. The van der Waals surface area contributed by atoms with E-state index in [0.29, 0.717) is 23.7 Å². The molecule has 2 aromatic heterocycles. The minimum atomic E-state index is -0.635. The highest BCUT2D eigenvalue weighted by Crippen LogP contribution is 2.19. The van der Waals surface area contributed by atoms with Gasteiger partial charge in [0.15, 0.2) is 11.5 Å². The monoisotopic (exact) mass is 399 g/mol. The summed E-state index contributed by atoms with van der Waals surface area (Å²) in [4.78, 5) is 46.0. The van der Waals surface area contributed by atoms with Crippen molar-refractivity contribution in [3.8, 4) is 17.1 Å². The molecule has 0 bridgehead atoms. The van der Waals surface area contributed by atoms with Gasteiger partial charge in [0.1, 0.15) is 17.7 Å². The number of hydrogen-bond donors (Lipinski definition) is 1. The van der Waals surface area contributed by atoms with Crippen LogP contribution in [0, 0.1) is 0 Å². The van der Waals surface area contributed by atoms with Crippen LogP contribution in [0.25, 0.3) is 22.4 Å². The quantitative estimate of drug-likeness (QED) is 0.553. The maximum Gasteiger partial charge on any atom is 0.332 e. The summed E-state index contributed by atoms with van der Waals surface area (Å²) >= 11 is 0. The lowest BCUT2D eigenvalue weighted by Crippen LogP contribution is -2.43. The van der Waals surface area contributed by atoms with Crippen molar-refractivity contribution < 1.29 is 14.3 Å². The SMILES string of the molecule is COCCNC(=O)Cn1c(=O)c2cnc(-c3ccc(OC)cc3)nc2n(C)c1=O. The van der Waals surface area contributed by atoms with Gasteiger partial charge < -0.3 is 14.8 Å². The number of aromatic nitrogens is 4. The van der Waals surface area contributed by atoms with E-state index in [-0.39, 0.29) is 17.6 Å². The third-order valence-electron chi connectivity index (χ3n) is 4.36. The fourth-order valence-corrected chi connectivity index (χ4v) is 2.79. The van der Waals surface area contributed by atoms with E-state index in [1.54, 1.807) is 31.4 Å². The zero-order valence-corrected chi connectivity index (χ0v) is 16.3. The first-order valence-electron chi connectivity index (χ1n) is 8.83. The third kappa shape index (κ3) is 4.16. The van der Waals surface area contributed by atoms with Crippen molar-refractivity contribution in [2.75, 3.05) is 27.4 Å². The molecule has 0 atom stereocenters. The molecule has 10 nitrogen and oxygen atoms in total. The van der Waals surface area contributed by atoms with Crippen molar-refractivity contribution in [2.24, 2.45) is 7.05 Å². The van der Waals surface area contributed by atoms with Gasteiger partial charge in [-0.05, 0) is 24.3 Å². The summed E-state index contributed by atoms with van der Waals surface area (Å²) in [5.41, 5.74) is -0.353. The van der Waals surface area contributed by atoms with Gasteiger partial charge in [0, 0.05) is 32.5 Å². The summed E-state index contributed by atoms with van der Waals surface area (Å²) in [6, 6.07) is 7.09. The number of ether oxygens (including phenoxy) is 2. The number of aryl methyl sites for hydroxylation is 1. The summed E-state index contributed by atoms with van der Waals surface area (Å²) in [6.07, 6.45) is 1.36. The summed E-state index contributed by atoms with van der Waals surface area (Å²) in [6.45, 7) is 0.218. The van der Waals surface area contributed by atoms with Crippen molar-refractivity contribution in [1.82, 2.24) is 24.4 Å². The van der Waals surface area contributed by atoms with Crippen LogP contribution in [0.2, 0.25) is 0 Å². The molecular weight excluding hydrogens is 378 g/mol. The molecular formula is C19H21N5O5. The van der Waals surface area contributed by atoms with Gasteiger partial charge in [0.05, 0.1) is 13.7 Å². The van der Waals surface area contributed by atoms with E-state index in [9.17, 15) is 14.4 Å². The van der Waals surface area contributed by atoms with Crippen LogP contribution in [0.15, 0.2) is 40.1 Å². The van der Waals surface area contributed by atoms with Gasteiger partial charge in [-0.1, -0.05) is 0 Å². The Kier molecular flexibility index (Phi) is 6.03. The smallest absolute Gasteiger partial charge is 0.332 e. The van der Waals surface area contributed by atoms with E-state index in [2.05, 4.69) is 15.3 Å². The minimum absolute atomic E-state index is 0.147. The number of rotatable bonds is 7. The molecule has 3 rings (SSSR count). The van der Waals surface area contributed by atoms with Crippen LogP contribution in [0.4, 0.5) is 0 Å². The van der Waals surface area contributed by atoms with Crippen LogP contribution in [0.1, 0.15) is 0 Å². The molecule has 29 heavy (non-hydrogen) atoms. The van der Waals surface area contributed by atoms with Crippen molar-refractivity contribution in [3.63, 3.8) is 0 Å². The zero-order chi connectivity index (χ0) is 21.0. The normalized spacial score (nSPS) is 10.9. The Balaban J connectivity index is 2.00. The summed E-state index contributed by atoms with van der Waals surface area (Å²) < 4.78 is 12.1. The first kappa shape index (κ1) is 20.2. The topological polar surface area (TPSA) is 117 Å². The largest absolute Gasteiger partial charge is 0.497 e. The number of nitrogens with one attached hydrogen (secondary N) is 1. The molecule has 0 saturated carbocycles. The Labute approximate surface area is 165 Å². The van der Waals surface area contributed by atoms with Crippen molar-refractivity contribution in [3.05, 3.63) is 51.3 Å². The van der Waals surface area contributed by atoms with E-state index in [1.165, 1.54) is 24.9 Å². The van der Waals surface area contributed by atoms with Crippen LogP contribution in [-0.4, -0.2) is 52.4 Å². The molecule has 0 aliphatic carbocycles. The first-order chi connectivity index (χ1) is 14.0. The maximum atomic E-state index is 12.7. The number of methoxy groups -OCH3 is 2. The Morgan fingerprint density at radius 3 is 2.55 bits per heavy atom. The van der Waals surface area contributed by atoms with Crippen LogP contribution in [0.3, 0.4) is 0 Å². The molecule has 1 N–H and O–H groups in total. The number of carbonyl (C=O) groups excluding carboxylic acids is 1. The number of hydrogen-bond acceptors (Lipinski definition) is 7. The molecule has 152 valence electrons. The predicted octanol–water partition coefficient (Wildman–Crippen LogP) is -0.0716. The van der Waals surface area contributed by atoms with E-state index < -0.39 is 23.7 Å². The lowest BCUT2D eigenvalue weighted by molar-refractivity contribution is -0.121. The Bertz CT molecular complexity index is 1150. The average molecular weight is 399 g/mol. The molecule has 0 saturated heterocycles. The van der Waals surface area contributed by atoms with E-state index >= 15 is 0 Å². The van der Waals surface area contributed by atoms with E-state index in [0.717, 1.165) is 4.57 Å². The molecule has 3 aromatic rings. The second-order valence-corrected chi connectivity index (χ2v) is 6.24. The highest BCUT2D eigenvalue weighted by atomic mass is 16.5. The van der Waals surface area contributed by atoms with Crippen LogP contribution in [0.5, 0.6) is 5.75 Å². The number of benzene rings is 1.